The van der Waals surface area contributed by atoms with Crippen LogP contribution < -0.4 is 4.90 Å². The number of carbonyl (C=O) groups excluding carboxylic acids is 1. The summed E-state index contributed by atoms with van der Waals surface area (Å²) in [7, 11) is 0. The fourth-order valence-electron chi connectivity index (χ4n) is 3.56. The van der Waals surface area contributed by atoms with Gasteiger partial charge in [0.25, 0.3) is 0 Å². The summed E-state index contributed by atoms with van der Waals surface area (Å²) in [6, 6.07) is 4.44. The van der Waals surface area contributed by atoms with E-state index in [4.69, 9.17) is 4.74 Å². The van der Waals surface area contributed by atoms with E-state index < -0.39 is 5.60 Å². The van der Waals surface area contributed by atoms with Gasteiger partial charge in [-0.2, -0.15) is 0 Å². The molecule has 0 N–H and O–H groups in total. The number of likely N-dealkylation sites (tertiary alicyclic amines) is 1. The minimum absolute atomic E-state index is 0.0252. The summed E-state index contributed by atoms with van der Waals surface area (Å²) in [5, 5.41) is 0. The Hall–Kier alpha value is -1.62. The Kier molecular flexibility index (Phi) is 7.04. The Labute approximate surface area is 158 Å². The summed E-state index contributed by atoms with van der Waals surface area (Å²) in [6.07, 6.45) is 5.86. The van der Waals surface area contributed by atoms with E-state index in [2.05, 4.69) is 36.7 Å². The maximum Gasteiger partial charge on any atom is 0.416 e. The van der Waals surface area contributed by atoms with Crippen molar-refractivity contribution < 1.29 is 9.53 Å². The average molecular weight is 362 g/mol. The molecule has 1 aliphatic rings. The van der Waals surface area contributed by atoms with Gasteiger partial charge in [0.15, 0.2) is 0 Å². The van der Waals surface area contributed by atoms with Crippen LogP contribution in [0.15, 0.2) is 18.3 Å². The molecule has 2 heterocycles. The van der Waals surface area contributed by atoms with Crippen molar-refractivity contribution in [2.45, 2.75) is 84.9 Å². The summed E-state index contributed by atoms with van der Waals surface area (Å²) in [5.41, 5.74) is 0.609. The number of rotatable bonds is 5. The van der Waals surface area contributed by atoms with Crippen LogP contribution in [0.3, 0.4) is 0 Å². The smallest absolute Gasteiger partial charge is 0.416 e. The van der Waals surface area contributed by atoms with Crippen LogP contribution in [-0.4, -0.2) is 40.7 Å². The highest BCUT2D eigenvalue weighted by molar-refractivity contribution is 5.88. The molecule has 1 saturated heterocycles. The van der Waals surface area contributed by atoms with Crippen LogP contribution in [0.4, 0.5) is 10.6 Å². The van der Waals surface area contributed by atoms with Gasteiger partial charge in [-0.05, 0) is 66.1 Å². The summed E-state index contributed by atoms with van der Waals surface area (Å²) in [4.78, 5) is 21.9. The molecule has 0 bridgehead atoms. The summed E-state index contributed by atoms with van der Waals surface area (Å²) in [5.74, 6) is 0.751. The molecule has 1 amide bonds. The van der Waals surface area contributed by atoms with Gasteiger partial charge in [0, 0.05) is 23.8 Å². The first kappa shape index (κ1) is 20.7. The van der Waals surface area contributed by atoms with Crippen molar-refractivity contribution in [3.05, 3.63) is 23.9 Å². The first-order valence-corrected chi connectivity index (χ1v) is 9.99. The second kappa shape index (κ2) is 8.85. The normalized spacial score (nSPS) is 19.8. The lowest BCUT2D eigenvalue weighted by molar-refractivity contribution is 0.0564. The van der Waals surface area contributed by atoms with E-state index in [9.17, 15) is 4.79 Å². The predicted octanol–water partition coefficient (Wildman–Crippen LogP) is 5.17. The SMILES string of the molecule is CC[C@H](C)N(C(=O)OC(C)(C)C)c1ncccc1[C@H]1CCCCN1CC. The molecule has 0 spiro atoms. The summed E-state index contributed by atoms with van der Waals surface area (Å²) >= 11 is 0. The van der Waals surface area contributed by atoms with Crippen LogP contribution in [0, 0.1) is 0 Å². The van der Waals surface area contributed by atoms with Crippen molar-refractivity contribution >= 4 is 11.9 Å². The van der Waals surface area contributed by atoms with Crippen molar-refractivity contribution in [2.75, 3.05) is 18.0 Å². The summed E-state index contributed by atoms with van der Waals surface area (Å²) in [6.45, 7) is 14.2. The molecule has 5 nitrogen and oxygen atoms in total. The number of carbonyl (C=O) groups is 1. The van der Waals surface area contributed by atoms with E-state index >= 15 is 0 Å². The molecule has 2 atom stereocenters. The van der Waals surface area contributed by atoms with Gasteiger partial charge in [0.05, 0.1) is 0 Å². The molecule has 1 aliphatic heterocycles. The van der Waals surface area contributed by atoms with E-state index in [0.717, 1.165) is 37.3 Å². The van der Waals surface area contributed by atoms with E-state index in [0.29, 0.717) is 6.04 Å². The summed E-state index contributed by atoms with van der Waals surface area (Å²) < 4.78 is 5.71. The number of amides is 1. The van der Waals surface area contributed by atoms with Gasteiger partial charge in [-0.25, -0.2) is 9.78 Å². The van der Waals surface area contributed by atoms with Crippen LogP contribution in [0.2, 0.25) is 0 Å². The molecule has 0 unspecified atom stereocenters. The van der Waals surface area contributed by atoms with Gasteiger partial charge in [-0.15, -0.1) is 0 Å². The maximum absolute atomic E-state index is 13.0. The number of nitrogens with zero attached hydrogens (tertiary/aromatic N) is 3. The number of anilines is 1. The number of ether oxygens (including phenoxy) is 1. The number of hydrogen-bond acceptors (Lipinski definition) is 4. The number of piperidine rings is 1. The molecule has 5 heteroatoms. The highest BCUT2D eigenvalue weighted by atomic mass is 16.6. The molecular weight excluding hydrogens is 326 g/mol. The Balaban J connectivity index is 2.44. The molecule has 0 saturated carbocycles. The Morgan fingerprint density at radius 2 is 2.12 bits per heavy atom. The molecule has 1 fully saturated rings. The Bertz CT molecular complexity index is 597. The van der Waals surface area contributed by atoms with Crippen molar-refractivity contribution in [1.29, 1.82) is 0 Å². The third-order valence-corrected chi connectivity index (χ3v) is 5.05. The second-order valence-electron chi connectivity index (χ2n) is 8.16. The quantitative estimate of drug-likeness (QED) is 0.726. The topological polar surface area (TPSA) is 45.7 Å². The highest BCUT2D eigenvalue weighted by Crippen LogP contribution is 2.36. The largest absolute Gasteiger partial charge is 0.443 e. The standard InChI is InChI=1S/C21H35N3O2/c1-7-16(3)24(20(25)26-21(4,5)6)19-17(12-11-14-22-19)18-13-9-10-15-23(18)8-2/h11-12,14,16,18H,7-10,13,15H2,1-6H3/t16-,18+/m0/s1. The van der Waals surface area contributed by atoms with Gasteiger partial charge in [0.1, 0.15) is 11.4 Å². The zero-order valence-electron chi connectivity index (χ0n) is 17.3. The Morgan fingerprint density at radius 3 is 2.73 bits per heavy atom. The van der Waals surface area contributed by atoms with Gasteiger partial charge in [-0.3, -0.25) is 9.80 Å². The first-order chi connectivity index (χ1) is 12.3. The van der Waals surface area contributed by atoms with E-state index in [1.165, 1.54) is 12.8 Å². The predicted molar refractivity (Wildman–Crippen MR) is 107 cm³/mol. The number of aromatic nitrogens is 1. The molecule has 1 aromatic heterocycles. The molecule has 2 rings (SSSR count). The van der Waals surface area contributed by atoms with Gasteiger partial charge in [-0.1, -0.05) is 26.3 Å². The van der Waals surface area contributed by atoms with Gasteiger partial charge >= 0.3 is 6.09 Å². The molecular formula is C21H35N3O2. The van der Waals surface area contributed by atoms with Crippen molar-refractivity contribution in [3.8, 4) is 0 Å². The Morgan fingerprint density at radius 1 is 1.38 bits per heavy atom. The minimum atomic E-state index is -0.530. The van der Waals surface area contributed by atoms with Crippen LogP contribution in [-0.2, 0) is 4.74 Å². The fraction of sp³-hybridized carbons (Fsp3) is 0.714. The van der Waals surface area contributed by atoms with Crippen molar-refractivity contribution in [2.24, 2.45) is 0 Å². The van der Waals surface area contributed by atoms with Crippen molar-refractivity contribution in [3.63, 3.8) is 0 Å². The molecule has 0 aromatic carbocycles. The van der Waals surface area contributed by atoms with E-state index in [-0.39, 0.29) is 12.1 Å². The highest BCUT2D eigenvalue weighted by Gasteiger charge is 2.33. The molecule has 146 valence electrons. The van der Waals surface area contributed by atoms with Gasteiger partial charge < -0.3 is 4.74 Å². The van der Waals surface area contributed by atoms with Crippen LogP contribution >= 0.6 is 0 Å². The zero-order valence-corrected chi connectivity index (χ0v) is 17.3. The van der Waals surface area contributed by atoms with Crippen LogP contribution in [0.25, 0.3) is 0 Å². The lowest BCUT2D eigenvalue weighted by Crippen LogP contribution is -2.44. The molecule has 1 aromatic rings. The lowest BCUT2D eigenvalue weighted by Gasteiger charge is -2.38. The van der Waals surface area contributed by atoms with E-state index in [1.54, 1.807) is 11.1 Å². The number of pyridine rings is 1. The third-order valence-electron chi connectivity index (χ3n) is 5.05. The minimum Gasteiger partial charge on any atom is -0.443 e. The molecule has 0 aliphatic carbocycles. The van der Waals surface area contributed by atoms with Crippen LogP contribution in [0.5, 0.6) is 0 Å². The second-order valence-corrected chi connectivity index (χ2v) is 8.16. The molecule has 0 radical (unpaired) electrons. The monoisotopic (exact) mass is 361 g/mol. The first-order valence-electron chi connectivity index (χ1n) is 9.99. The maximum atomic E-state index is 13.0. The molecule has 26 heavy (non-hydrogen) atoms. The average Bonchev–Trinajstić information content (AvgIpc) is 2.60. The lowest BCUT2D eigenvalue weighted by atomic mass is 9.95. The van der Waals surface area contributed by atoms with E-state index in [1.807, 2.05) is 26.8 Å². The zero-order chi connectivity index (χ0) is 19.3. The van der Waals surface area contributed by atoms with Crippen molar-refractivity contribution in [1.82, 2.24) is 9.88 Å². The fourth-order valence-corrected chi connectivity index (χ4v) is 3.56. The van der Waals surface area contributed by atoms with Crippen LogP contribution in [0.1, 0.15) is 78.8 Å². The van der Waals surface area contributed by atoms with Gasteiger partial charge in [0.2, 0.25) is 0 Å². The third kappa shape index (κ3) is 4.97. The number of hydrogen-bond donors (Lipinski definition) is 0.